The Labute approximate surface area is 140 Å². The maximum atomic E-state index is 9.20. The first-order valence-electron chi connectivity index (χ1n) is 7.72. The molecule has 5 heteroatoms. The predicted molar refractivity (Wildman–Crippen MR) is 96.7 cm³/mol. The summed E-state index contributed by atoms with van der Waals surface area (Å²) in [5.74, 6) is 0.625. The standard InChI is InChI=1S/C19H18N4O/c24-12-11-23-19(21-14-17-9-5-2-6-10-17)18(15-22-23)20-13-16-7-3-1-4-8-16/h1-10,13-15,24H,11-12H2. The van der Waals surface area contributed by atoms with Gasteiger partial charge in [0, 0.05) is 12.4 Å². The molecule has 1 heterocycles. The molecule has 5 nitrogen and oxygen atoms in total. The summed E-state index contributed by atoms with van der Waals surface area (Å²) >= 11 is 0. The van der Waals surface area contributed by atoms with E-state index in [4.69, 9.17) is 0 Å². The van der Waals surface area contributed by atoms with Gasteiger partial charge in [-0.1, -0.05) is 60.7 Å². The van der Waals surface area contributed by atoms with Crippen LogP contribution in [-0.2, 0) is 6.54 Å². The fraction of sp³-hybridized carbons (Fsp3) is 0.105. The Morgan fingerprint density at radius 3 is 2.04 bits per heavy atom. The number of hydrogen-bond donors (Lipinski definition) is 1. The largest absolute Gasteiger partial charge is 0.394 e. The molecule has 0 amide bonds. The second kappa shape index (κ2) is 7.99. The smallest absolute Gasteiger partial charge is 0.176 e. The molecule has 3 aromatic rings. The number of nitrogens with zero attached hydrogens (tertiary/aromatic N) is 4. The first kappa shape index (κ1) is 15.8. The molecule has 0 bridgehead atoms. The Kier molecular flexibility index (Phi) is 5.27. The summed E-state index contributed by atoms with van der Waals surface area (Å²) in [5, 5.41) is 13.5. The van der Waals surface area contributed by atoms with Crippen molar-refractivity contribution in [3.05, 3.63) is 78.0 Å². The molecule has 0 radical (unpaired) electrons. The number of aliphatic hydroxyl groups is 1. The second-order valence-electron chi connectivity index (χ2n) is 5.14. The minimum atomic E-state index is -0.00260. The number of rotatable bonds is 6. The molecule has 0 unspecified atom stereocenters. The molecular weight excluding hydrogens is 300 g/mol. The van der Waals surface area contributed by atoms with Crippen molar-refractivity contribution in [1.82, 2.24) is 9.78 Å². The van der Waals surface area contributed by atoms with Crippen LogP contribution < -0.4 is 0 Å². The SMILES string of the molecule is OCCn1ncc(N=Cc2ccccc2)c1N=Cc1ccccc1. The van der Waals surface area contributed by atoms with Crippen molar-refractivity contribution < 1.29 is 5.11 Å². The van der Waals surface area contributed by atoms with Gasteiger partial charge in [-0.15, -0.1) is 0 Å². The summed E-state index contributed by atoms with van der Waals surface area (Å²) in [6.45, 7) is 0.375. The Morgan fingerprint density at radius 2 is 1.46 bits per heavy atom. The number of aromatic nitrogens is 2. The zero-order chi connectivity index (χ0) is 16.6. The van der Waals surface area contributed by atoms with E-state index in [-0.39, 0.29) is 6.61 Å². The van der Waals surface area contributed by atoms with E-state index in [0.29, 0.717) is 18.1 Å². The molecule has 1 aromatic heterocycles. The van der Waals surface area contributed by atoms with Crippen molar-refractivity contribution in [1.29, 1.82) is 0 Å². The summed E-state index contributed by atoms with van der Waals surface area (Å²) < 4.78 is 1.65. The van der Waals surface area contributed by atoms with Gasteiger partial charge in [0.2, 0.25) is 0 Å². The highest BCUT2D eigenvalue weighted by Crippen LogP contribution is 2.27. The normalized spacial score (nSPS) is 11.5. The lowest BCUT2D eigenvalue weighted by atomic mass is 10.2. The molecule has 0 saturated carbocycles. The van der Waals surface area contributed by atoms with Gasteiger partial charge in [0.05, 0.1) is 19.3 Å². The van der Waals surface area contributed by atoms with Crippen LogP contribution in [0.25, 0.3) is 0 Å². The molecule has 3 rings (SSSR count). The van der Waals surface area contributed by atoms with Gasteiger partial charge in [0.1, 0.15) is 5.69 Å². The average Bonchev–Trinajstić information content (AvgIpc) is 3.02. The van der Waals surface area contributed by atoms with E-state index in [1.54, 1.807) is 23.3 Å². The van der Waals surface area contributed by atoms with Crippen LogP contribution in [0.3, 0.4) is 0 Å². The van der Waals surface area contributed by atoms with E-state index < -0.39 is 0 Å². The lowest BCUT2D eigenvalue weighted by molar-refractivity contribution is 0.270. The van der Waals surface area contributed by atoms with E-state index in [2.05, 4.69) is 15.1 Å². The molecule has 0 saturated heterocycles. The molecule has 0 atom stereocenters. The third-order valence-corrected chi connectivity index (χ3v) is 3.39. The summed E-state index contributed by atoms with van der Waals surface area (Å²) in [4.78, 5) is 9.01. The lowest BCUT2D eigenvalue weighted by Gasteiger charge is -2.01. The molecule has 1 N–H and O–H groups in total. The van der Waals surface area contributed by atoms with Gasteiger partial charge in [-0.05, 0) is 11.1 Å². The van der Waals surface area contributed by atoms with Crippen LogP contribution in [-0.4, -0.2) is 33.9 Å². The van der Waals surface area contributed by atoms with Crippen LogP contribution in [0.4, 0.5) is 11.5 Å². The van der Waals surface area contributed by atoms with Crippen molar-refractivity contribution in [2.75, 3.05) is 6.61 Å². The quantitative estimate of drug-likeness (QED) is 0.708. The summed E-state index contributed by atoms with van der Waals surface area (Å²) in [6.07, 6.45) is 5.21. The van der Waals surface area contributed by atoms with Crippen LogP contribution in [0, 0.1) is 0 Å². The van der Waals surface area contributed by atoms with Crippen LogP contribution >= 0.6 is 0 Å². The van der Waals surface area contributed by atoms with Crippen LogP contribution in [0.1, 0.15) is 11.1 Å². The topological polar surface area (TPSA) is 62.8 Å². The third kappa shape index (κ3) is 4.02. The van der Waals surface area contributed by atoms with E-state index >= 15 is 0 Å². The Morgan fingerprint density at radius 1 is 0.875 bits per heavy atom. The van der Waals surface area contributed by atoms with Gasteiger partial charge in [-0.25, -0.2) is 9.67 Å². The molecule has 0 fully saturated rings. The van der Waals surface area contributed by atoms with E-state index in [1.807, 2.05) is 60.7 Å². The van der Waals surface area contributed by atoms with Crippen molar-refractivity contribution in [2.24, 2.45) is 9.98 Å². The molecule has 24 heavy (non-hydrogen) atoms. The van der Waals surface area contributed by atoms with Gasteiger partial charge in [-0.2, -0.15) is 5.10 Å². The predicted octanol–water partition coefficient (Wildman–Crippen LogP) is 3.38. The molecule has 0 aliphatic rings. The van der Waals surface area contributed by atoms with Crippen LogP contribution in [0.15, 0.2) is 76.8 Å². The van der Waals surface area contributed by atoms with E-state index in [0.717, 1.165) is 11.1 Å². The lowest BCUT2D eigenvalue weighted by Crippen LogP contribution is -2.03. The maximum absolute atomic E-state index is 9.20. The summed E-state index contributed by atoms with van der Waals surface area (Å²) in [7, 11) is 0. The monoisotopic (exact) mass is 318 g/mol. The maximum Gasteiger partial charge on any atom is 0.176 e. The minimum Gasteiger partial charge on any atom is -0.394 e. The molecule has 0 aliphatic heterocycles. The average molecular weight is 318 g/mol. The minimum absolute atomic E-state index is 0.00260. The van der Waals surface area contributed by atoms with Gasteiger partial charge >= 0.3 is 0 Å². The molecule has 2 aromatic carbocycles. The molecule has 0 aliphatic carbocycles. The zero-order valence-corrected chi connectivity index (χ0v) is 13.2. The number of benzene rings is 2. The van der Waals surface area contributed by atoms with Crippen molar-refractivity contribution >= 4 is 23.9 Å². The van der Waals surface area contributed by atoms with Gasteiger partial charge in [0.25, 0.3) is 0 Å². The summed E-state index contributed by atoms with van der Waals surface area (Å²) in [5.41, 5.74) is 2.66. The van der Waals surface area contributed by atoms with Gasteiger partial charge < -0.3 is 5.11 Å². The number of hydrogen-bond acceptors (Lipinski definition) is 4. The Balaban J connectivity index is 1.89. The Hall–Kier alpha value is -3.05. The molecule has 120 valence electrons. The third-order valence-electron chi connectivity index (χ3n) is 3.39. The van der Waals surface area contributed by atoms with Gasteiger partial charge in [0.15, 0.2) is 5.82 Å². The highest BCUT2D eigenvalue weighted by molar-refractivity contribution is 5.85. The fourth-order valence-corrected chi connectivity index (χ4v) is 2.21. The summed E-state index contributed by atoms with van der Waals surface area (Å²) in [6, 6.07) is 19.7. The van der Waals surface area contributed by atoms with Crippen molar-refractivity contribution in [3.63, 3.8) is 0 Å². The first-order chi connectivity index (χ1) is 11.9. The van der Waals surface area contributed by atoms with Crippen molar-refractivity contribution in [2.45, 2.75) is 6.54 Å². The fourth-order valence-electron chi connectivity index (χ4n) is 2.21. The highest BCUT2D eigenvalue weighted by Gasteiger charge is 2.08. The zero-order valence-electron chi connectivity index (χ0n) is 13.2. The van der Waals surface area contributed by atoms with Gasteiger partial charge in [-0.3, -0.25) is 4.99 Å². The van der Waals surface area contributed by atoms with Crippen LogP contribution in [0.5, 0.6) is 0 Å². The van der Waals surface area contributed by atoms with E-state index in [9.17, 15) is 5.11 Å². The number of aliphatic hydroxyl groups excluding tert-OH is 1. The number of aliphatic imine (C=N–C) groups is 2. The second-order valence-corrected chi connectivity index (χ2v) is 5.14. The van der Waals surface area contributed by atoms with E-state index in [1.165, 1.54) is 0 Å². The Bertz CT molecular complexity index is 823. The first-order valence-corrected chi connectivity index (χ1v) is 7.72. The molecule has 0 spiro atoms. The molecular formula is C19H18N4O. The van der Waals surface area contributed by atoms with Crippen LogP contribution in [0.2, 0.25) is 0 Å². The van der Waals surface area contributed by atoms with Crippen molar-refractivity contribution in [3.8, 4) is 0 Å². The highest BCUT2D eigenvalue weighted by atomic mass is 16.3.